The van der Waals surface area contributed by atoms with Gasteiger partial charge in [-0.3, -0.25) is 0 Å². The molecule has 0 aliphatic rings. The molecule has 4 nitrogen and oxygen atoms in total. The minimum atomic E-state index is -4.12. The fraction of sp³-hybridized carbons (Fsp3) is 0.500. The third-order valence-corrected chi connectivity index (χ3v) is 4.11. The van der Waals surface area contributed by atoms with Crippen LogP contribution in [0.15, 0.2) is 23.1 Å². The van der Waals surface area contributed by atoms with Crippen LogP contribution in [0.4, 0.5) is 8.78 Å². The summed E-state index contributed by atoms with van der Waals surface area (Å²) in [5.41, 5.74) is 5.48. The van der Waals surface area contributed by atoms with Crippen molar-refractivity contribution in [3.8, 4) is 0 Å². The SMILES string of the molecule is CC(C)CC(CN)NS(=O)(=O)c1cccc(F)c1F.Cl. The fourth-order valence-electron chi connectivity index (χ4n) is 1.74. The average Bonchev–Trinajstić information content (AvgIpc) is 2.30. The van der Waals surface area contributed by atoms with Crippen molar-refractivity contribution in [2.45, 2.75) is 31.2 Å². The minimum absolute atomic E-state index is 0. The Morgan fingerprint density at radius 1 is 1.30 bits per heavy atom. The van der Waals surface area contributed by atoms with Crippen molar-refractivity contribution in [3.05, 3.63) is 29.8 Å². The summed E-state index contributed by atoms with van der Waals surface area (Å²) in [6.45, 7) is 3.92. The molecule has 0 saturated heterocycles. The summed E-state index contributed by atoms with van der Waals surface area (Å²) in [6.07, 6.45) is 0.521. The predicted octanol–water partition coefficient (Wildman–Crippen LogP) is 2.04. The number of nitrogens with two attached hydrogens (primary N) is 1. The first-order chi connectivity index (χ1) is 8.77. The molecule has 0 saturated carbocycles. The van der Waals surface area contributed by atoms with E-state index in [2.05, 4.69) is 4.72 Å². The molecule has 0 aromatic heterocycles. The van der Waals surface area contributed by atoms with Crippen LogP contribution in [0.2, 0.25) is 0 Å². The molecule has 20 heavy (non-hydrogen) atoms. The van der Waals surface area contributed by atoms with E-state index in [1.54, 1.807) is 0 Å². The van der Waals surface area contributed by atoms with E-state index in [0.29, 0.717) is 6.42 Å². The minimum Gasteiger partial charge on any atom is -0.329 e. The van der Waals surface area contributed by atoms with Gasteiger partial charge in [0.2, 0.25) is 10.0 Å². The molecule has 1 atom stereocenters. The van der Waals surface area contributed by atoms with Gasteiger partial charge in [0.25, 0.3) is 0 Å². The molecule has 8 heteroatoms. The molecule has 1 aromatic rings. The number of halogens is 3. The summed E-state index contributed by atoms with van der Waals surface area (Å²) in [7, 11) is -4.12. The summed E-state index contributed by atoms with van der Waals surface area (Å²) in [5.74, 6) is -2.35. The summed E-state index contributed by atoms with van der Waals surface area (Å²) >= 11 is 0. The maximum atomic E-state index is 13.5. The van der Waals surface area contributed by atoms with E-state index in [-0.39, 0.29) is 24.9 Å². The monoisotopic (exact) mass is 328 g/mol. The zero-order chi connectivity index (χ0) is 14.6. The molecule has 0 spiro atoms. The van der Waals surface area contributed by atoms with Gasteiger partial charge in [-0.05, 0) is 24.5 Å². The molecule has 0 bridgehead atoms. The van der Waals surface area contributed by atoms with Gasteiger partial charge in [-0.1, -0.05) is 19.9 Å². The lowest BCUT2D eigenvalue weighted by Gasteiger charge is -2.19. The second-order valence-electron chi connectivity index (χ2n) is 4.74. The standard InChI is InChI=1S/C12H18F2N2O2S.ClH/c1-8(2)6-9(7-15)16-19(17,18)11-5-3-4-10(13)12(11)14;/h3-5,8-9,16H,6-7,15H2,1-2H3;1H. The van der Waals surface area contributed by atoms with E-state index in [1.165, 1.54) is 0 Å². The van der Waals surface area contributed by atoms with Crippen LogP contribution in [0.1, 0.15) is 20.3 Å². The van der Waals surface area contributed by atoms with Crippen molar-refractivity contribution >= 4 is 22.4 Å². The van der Waals surface area contributed by atoms with Crippen molar-refractivity contribution in [1.82, 2.24) is 4.72 Å². The van der Waals surface area contributed by atoms with E-state index in [0.717, 1.165) is 18.2 Å². The predicted molar refractivity (Wildman–Crippen MR) is 76.2 cm³/mol. The third-order valence-electron chi connectivity index (χ3n) is 2.57. The van der Waals surface area contributed by atoms with Crippen LogP contribution in [-0.4, -0.2) is 21.0 Å². The van der Waals surface area contributed by atoms with Crippen LogP contribution in [0.5, 0.6) is 0 Å². The number of nitrogens with one attached hydrogen (secondary N) is 1. The van der Waals surface area contributed by atoms with Crippen molar-refractivity contribution in [3.63, 3.8) is 0 Å². The van der Waals surface area contributed by atoms with Crippen molar-refractivity contribution in [2.24, 2.45) is 11.7 Å². The molecule has 0 amide bonds. The molecule has 0 aliphatic carbocycles. The van der Waals surface area contributed by atoms with Gasteiger partial charge in [0, 0.05) is 12.6 Å². The van der Waals surface area contributed by atoms with Gasteiger partial charge in [-0.15, -0.1) is 12.4 Å². The van der Waals surface area contributed by atoms with E-state index in [9.17, 15) is 17.2 Å². The lowest BCUT2D eigenvalue weighted by atomic mass is 10.1. The van der Waals surface area contributed by atoms with Crippen molar-refractivity contribution in [1.29, 1.82) is 0 Å². The van der Waals surface area contributed by atoms with Crippen LogP contribution in [-0.2, 0) is 10.0 Å². The quantitative estimate of drug-likeness (QED) is 0.839. The van der Waals surface area contributed by atoms with E-state index < -0.39 is 32.6 Å². The van der Waals surface area contributed by atoms with E-state index in [4.69, 9.17) is 5.73 Å². The zero-order valence-corrected chi connectivity index (χ0v) is 12.9. The Bertz CT molecular complexity index is 538. The van der Waals surface area contributed by atoms with Crippen molar-refractivity contribution in [2.75, 3.05) is 6.54 Å². The molecule has 0 radical (unpaired) electrons. The van der Waals surface area contributed by atoms with E-state index >= 15 is 0 Å². The summed E-state index contributed by atoms with van der Waals surface area (Å²) in [6, 6.07) is 2.52. The topological polar surface area (TPSA) is 72.2 Å². The largest absolute Gasteiger partial charge is 0.329 e. The number of hydrogen-bond donors (Lipinski definition) is 2. The number of benzene rings is 1. The highest BCUT2D eigenvalue weighted by Crippen LogP contribution is 2.17. The van der Waals surface area contributed by atoms with Gasteiger partial charge in [0.1, 0.15) is 4.90 Å². The van der Waals surface area contributed by atoms with Gasteiger partial charge in [0.15, 0.2) is 11.6 Å². The second-order valence-corrected chi connectivity index (χ2v) is 6.42. The van der Waals surface area contributed by atoms with Crippen LogP contribution >= 0.6 is 12.4 Å². The highest BCUT2D eigenvalue weighted by Gasteiger charge is 2.24. The molecule has 3 N–H and O–H groups in total. The molecule has 1 aromatic carbocycles. The maximum absolute atomic E-state index is 13.5. The summed E-state index contributed by atoms with van der Waals surface area (Å²) in [4.78, 5) is -0.699. The van der Waals surface area contributed by atoms with Gasteiger partial charge in [-0.2, -0.15) is 0 Å². The highest BCUT2D eigenvalue weighted by atomic mass is 35.5. The number of sulfonamides is 1. The van der Waals surface area contributed by atoms with Gasteiger partial charge >= 0.3 is 0 Å². The Morgan fingerprint density at radius 2 is 1.90 bits per heavy atom. The summed E-state index contributed by atoms with van der Waals surface area (Å²) < 4.78 is 52.8. The molecule has 0 fully saturated rings. The highest BCUT2D eigenvalue weighted by molar-refractivity contribution is 7.89. The van der Waals surface area contributed by atoms with Crippen LogP contribution < -0.4 is 10.5 Å². The Hall–Kier alpha value is -0.760. The van der Waals surface area contributed by atoms with Crippen molar-refractivity contribution < 1.29 is 17.2 Å². The molecular formula is C12H19ClF2N2O2S. The van der Waals surface area contributed by atoms with Crippen LogP contribution in [0, 0.1) is 17.6 Å². The van der Waals surface area contributed by atoms with Gasteiger partial charge < -0.3 is 5.73 Å². The molecule has 0 heterocycles. The lowest BCUT2D eigenvalue weighted by Crippen LogP contribution is -2.41. The average molecular weight is 329 g/mol. The van der Waals surface area contributed by atoms with Gasteiger partial charge in [0.05, 0.1) is 0 Å². The Balaban J connectivity index is 0.00000361. The lowest BCUT2D eigenvalue weighted by molar-refractivity contribution is 0.457. The molecule has 1 rings (SSSR count). The first-order valence-electron chi connectivity index (χ1n) is 5.94. The smallest absolute Gasteiger partial charge is 0.243 e. The number of rotatable bonds is 6. The Kier molecular flexibility index (Phi) is 7.57. The Labute approximate surface area is 124 Å². The Morgan fingerprint density at radius 3 is 2.40 bits per heavy atom. The molecular weight excluding hydrogens is 310 g/mol. The third kappa shape index (κ3) is 4.97. The first-order valence-corrected chi connectivity index (χ1v) is 7.42. The normalized spacial score (nSPS) is 13.1. The van der Waals surface area contributed by atoms with Gasteiger partial charge in [-0.25, -0.2) is 21.9 Å². The molecule has 116 valence electrons. The zero-order valence-electron chi connectivity index (χ0n) is 11.3. The summed E-state index contributed by atoms with van der Waals surface area (Å²) in [5, 5.41) is 0. The fourth-order valence-corrected chi connectivity index (χ4v) is 3.09. The van der Waals surface area contributed by atoms with Crippen LogP contribution in [0.3, 0.4) is 0 Å². The molecule has 1 unspecified atom stereocenters. The number of hydrogen-bond acceptors (Lipinski definition) is 3. The molecule has 0 aliphatic heterocycles. The van der Waals surface area contributed by atoms with Crippen LogP contribution in [0.25, 0.3) is 0 Å². The maximum Gasteiger partial charge on any atom is 0.243 e. The van der Waals surface area contributed by atoms with E-state index in [1.807, 2.05) is 13.8 Å². The second kappa shape index (κ2) is 7.87. The first kappa shape index (κ1) is 19.2.